The first-order valence-electron chi connectivity index (χ1n) is 9.09. The van der Waals surface area contributed by atoms with Crippen LogP contribution < -0.4 is 5.32 Å². The monoisotopic (exact) mass is 551 g/mol. The molecule has 0 saturated carbocycles. The van der Waals surface area contributed by atoms with Gasteiger partial charge in [0.2, 0.25) is 10.0 Å². The van der Waals surface area contributed by atoms with Gasteiger partial charge in [-0.25, -0.2) is 8.42 Å². The molecule has 8 nitrogen and oxygen atoms in total. The Labute approximate surface area is 193 Å². The molecule has 1 fully saturated rings. The van der Waals surface area contributed by atoms with Crippen LogP contribution in [0.25, 0.3) is 0 Å². The lowest BCUT2D eigenvalue weighted by Crippen LogP contribution is -2.54. The molecule has 1 aromatic heterocycles. The molecule has 2 aromatic rings. The number of piperazine rings is 1. The fraction of sp³-hybridized carbons (Fsp3) is 0.444. The van der Waals surface area contributed by atoms with E-state index in [0.29, 0.717) is 31.9 Å². The lowest BCUT2D eigenvalue weighted by Gasteiger charge is -2.35. The Kier molecular flexibility index (Phi) is 9.72. The van der Waals surface area contributed by atoms with Crippen LogP contribution in [0.5, 0.6) is 0 Å². The lowest BCUT2D eigenvalue weighted by molar-refractivity contribution is 0.260. The van der Waals surface area contributed by atoms with Crippen LogP contribution in [-0.4, -0.2) is 74.3 Å². The molecule has 0 bridgehead atoms. The van der Waals surface area contributed by atoms with Gasteiger partial charge in [0.15, 0.2) is 5.96 Å². The fourth-order valence-electron chi connectivity index (χ4n) is 2.95. The molecule has 1 aliphatic heterocycles. The van der Waals surface area contributed by atoms with Crippen molar-refractivity contribution in [2.75, 3.05) is 45.5 Å². The van der Waals surface area contributed by atoms with E-state index in [-0.39, 0.29) is 29.7 Å². The van der Waals surface area contributed by atoms with Crippen molar-refractivity contribution in [3.8, 4) is 0 Å². The van der Waals surface area contributed by atoms with Crippen molar-refractivity contribution in [2.24, 2.45) is 4.99 Å². The third kappa shape index (κ3) is 7.15. The molecule has 2 heterocycles. The maximum Gasteiger partial charge on any atom is 0.220 e. The van der Waals surface area contributed by atoms with Gasteiger partial charge in [-0.3, -0.25) is 4.99 Å². The molecule has 11 heteroatoms. The quantitative estimate of drug-likeness (QED) is 0.185. The van der Waals surface area contributed by atoms with Crippen molar-refractivity contribution in [3.05, 3.63) is 48.4 Å². The number of sulfonamides is 1. The van der Waals surface area contributed by atoms with Crippen molar-refractivity contribution in [3.63, 3.8) is 0 Å². The van der Waals surface area contributed by atoms with Gasteiger partial charge in [0.1, 0.15) is 12.0 Å². The smallest absolute Gasteiger partial charge is 0.220 e. The predicted octanol–water partition coefficient (Wildman–Crippen LogP) is 2.11. The van der Waals surface area contributed by atoms with Crippen LogP contribution in [0.3, 0.4) is 0 Å². The summed E-state index contributed by atoms with van der Waals surface area (Å²) >= 11 is 1.79. The van der Waals surface area contributed by atoms with Crippen molar-refractivity contribution in [1.29, 1.82) is 0 Å². The third-order valence-electron chi connectivity index (χ3n) is 4.36. The second-order valence-corrected chi connectivity index (χ2v) is 9.41. The van der Waals surface area contributed by atoms with E-state index in [2.05, 4.69) is 32.5 Å². The van der Waals surface area contributed by atoms with Crippen molar-refractivity contribution in [2.45, 2.75) is 10.6 Å². The van der Waals surface area contributed by atoms with E-state index in [1.807, 2.05) is 18.2 Å². The van der Waals surface area contributed by atoms with Gasteiger partial charge >= 0.3 is 0 Å². The molecule has 0 atom stereocenters. The van der Waals surface area contributed by atoms with Crippen LogP contribution in [0.15, 0.2) is 57.1 Å². The fourth-order valence-corrected chi connectivity index (χ4v) is 5.16. The minimum absolute atomic E-state index is 0. The number of thioether (sulfide) groups is 1. The Morgan fingerprint density at radius 2 is 1.93 bits per heavy atom. The second-order valence-electron chi connectivity index (χ2n) is 6.27. The number of guanidine groups is 1. The molecule has 0 spiro atoms. The largest absolute Gasteiger partial charge is 0.364 e. The highest BCUT2D eigenvalue weighted by Crippen LogP contribution is 2.16. The van der Waals surface area contributed by atoms with E-state index in [4.69, 9.17) is 4.52 Å². The second kappa shape index (κ2) is 11.8. The summed E-state index contributed by atoms with van der Waals surface area (Å²) in [5, 5.41) is 7.06. The standard InChI is InChI=1S/C18H25N5O3S2.HI/c1-19-18(20-8-14-27-17-5-3-2-4-6-17)22-9-11-23(12-10-22)28(24,25)15-16-7-13-26-21-16;/h2-7,13H,8-12,14-15H2,1H3,(H,19,20);1H. The zero-order valence-corrected chi connectivity index (χ0v) is 20.2. The number of aliphatic imine (C=N–C) groups is 1. The predicted molar refractivity (Wildman–Crippen MR) is 126 cm³/mol. The molecule has 1 N–H and O–H groups in total. The molecule has 0 aliphatic carbocycles. The Bertz CT molecular complexity index is 855. The molecular formula is C18H26IN5O3S2. The van der Waals surface area contributed by atoms with Crippen molar-refractivity contribution >= 4 is 51.7 Å². The summed E-state index contributed by atoms with van der Waals surface area (Å²) in [6, 6.07) is 11.8. The first-order chi connectivity index (χ1) is 13.6. The molecule has 29 heavy (non-hydrogen) atoms. The average Bonchev–Trinajstić information content (AvgIpc) is 3.21. The van der Waals surface area contributed by atoms with Crippen LogP contribution in [-0.2, 0) is 15.8 Å². The molecular weight excluding hydrogens is 525 g/mol. The van der Waals surface area contributed by atoms with E-state index < -0.39 is 10.0 Å². The zero-order valence-electron chi connectivity index (χ0n) is 16.2. The number of halogens is 1. The van der Waals surface area contributed by atoms with Crippen LogP contribution in [0.2, 0.25) is 0 Å². The molecule has 160 valence electrons. The Balaban J connectivity index is 0.00000300. The van der Waals surface area contributed by atoms with E-state index >= 15 is 0 Å². The topological polar surface area (TPSA) is 91.0 Å². The average molecular weight is 551 g/mol. The number of benzene rings is 1. The summed E-state index contributed by atoms with van der Waals surface area (Å²) in [5.74, 6) is 1.60. The molecule has 0 radical (unpaired) electrons. The Morgan fingerprint density at radius 1 is 1.21 bits per heavy atom. The van der Waals surface area contributed by atoms with Gasteiger partial charge in [-0.05, 0) is 12.1 Å². The highest BCUT2D eigenvalue weighted by molar-refractivity contribution is 14.0. The maximum atomic E-state index is 12.5. The van der Waals surface area contributed by atoms with Gasteiger partial charge < -0.3 is 14.7 Å². The summed E-state index contributed by atoms with van der Waals surface area (Å²) in [6.07, 6.45) is 1.38. The van der Waals surface area contributed by atoms with Gasteiger partial charge in [-0.2, -0.15) is 4.31 Å². The highest BCUT2D eigenvalue weighted by Gasteiger charge is 2.28. The van der Waals surface area contributed by atoms with Crippen LogP contribution in [0, 0.1) is 0 Å². The van der Waals surface area contributed by atoms with E-state index in [1.54, 1.807) is 24.9 Å². The Hall–Kier alpha value is -1.31. The van der Waals surface area contributed by atoms with Crippen molar-refractivity contribution in [1.82, 2.24) is 19.7 Å². The van der Waals surface area contributed by atoms with E-state index in [1.165, 1.54) is 15.5 Å². The van der Waals surface area contributed by atoms with Crippen LogP contribution in [0.1, 0.15) is 5.69 Å². The van der Waals surface area contributed by atoms with Gasteiger partial charge in [0.25, 0.3) is 0 Å². The number of nitrogens with zero attached hydrogens (tertiary/aromatic N) is 4. The summed E-state index contributed by atoms with van der Waals surface area (Å²) in [6.45, 7) is 2.85. The molecule has 1 aliphatic rings. The molecule has 3 rings (SSSR count). The van der Waals surface area contributed by atoms with Crippen LogP contribution >= 0.6 is 35.7 Å². The molecule has 1 saturated heterocycles. The lowest BCUT2D eigenvalue weighted by atomic mass is 10.4. The van der Waals surface area contributed by atoms with Gasteiger partial charge in [0, 0.05) is 56.5 Å². The number of hydrogen-bond donors (Lipinski definition) is 1. The number of rotatable bonds is 7. The van der Waals surface area contributed by atoms with E-state index in [0.717, 1.165) is 18.3 Å². The first kappa shape index (κ1) is 24.0. The summed E-state index contributed by atoms with van der Waals surface area (Å²) in [7, 11) is -1.64. The Morgan fingerprint density at radius 3 is 2.55 bits per heavy atom. The first-order valence-corrected chi connectivity index (χ1v) is 11.7. The molecule has 0 unspecified atom stereocenters. The third-order valence-corrected chi connectivity index (χ3v) is 7.19. The number of hydrogen-bond acceptors (Lipinski definition) is 6. The van der Waals surface area contributed by atoms with Gasteiger partial charge in [-0.1, -0.05) is 23.4 Å². The number of nitrogens with one attached hydrogen (secondary N) is 1. The summed E-state index contributed by atoms with van der Waals surface area (Å²) < 4.78 is 31.3. The summed E-state index contributed by atoms with van der Waals surface area (Å²) in [5.41, 5.74) is 0.427. The van der Waals surface area contributed by atoms with Gasteiger partial charge in [-0.15, -0.1) is 35.7 Å². The molecule has 0 amide bonds. The molecule has 1 aromatic carbocycles. The van der Waals surface area contributed by atoms with Crippen LogP contribution in [0.4, 0.5) is 0 Å². The minimum atomic E-state index is -3.39. The summed E-state index contributed by atoms with van der Waals surface area (Å²) in [4.78, 5) is 7.67. The highest BCUT2D eigenvalue weighted by atomic mass is 127. The minimum Gasteiger partial charge on any atom is -0.364 e. The maximum absolute atomic E-state index is 12.5. The van der Waals surface area contributed by atoms with Crippen molar-refractivity contribution < 1.29 is 12.9 Å². The SMILES string of the molecule is CN=C(NCCSc1ccccc1)N1CCN(S(=O)(=O)Cc2ccon2)CC1.I. The zero-order chi connectivity index (χ0) is 19.8. The normalized spacial score (nSPS) is 15.8. The van der Waals surface area contributed by atoms with E-state index in [9.17, 15) is 8.42 Å². The number of aromatic nitrogens is 1. The van der Waals surface area contributed by atoms with Gasteiger partial charge in [0.05, 0.1) is 5.69 Å².